The van der Waals surface area contributed by atoms with Crippen molar-refractivity contribution in [1.29, 1.82) is 0 Å². The van der Waals surface area contributed by atoms with E-state index in [4.69, 9.17) is 28.0 Å². The standard InChI is InChI=1S/C25H18Cl2F4N2O3S/c1-14-4-3-5-18(10-14)37(2,35)33-23(34)16-8-6-15(7-9-16)21-13-24(36-32-21,25(29,30)31)17-11-19(26)22(28)20(27)12-17/h3-12H,13H2,1-2H3. The van der Waals surface area contributed by atoms with Crippen LogP contribution in [-0.2, 0) is 20.2 Å². The topological polar surface area (TPSA) is 68.1 Å². The van der Waals surface area contributed by atoms with Gasteiger partial charge >= 0.3 is 6.18 Å². The first-order chi connectivity index (χ1) is 17.2. The van der Waals surface area contributed by atoms with Gasteiger partial charge in [-0.3, -0.25) is 4.79 Å². The minimum absolute atomic E-state index is 0.0659. The number of amides is 1. The number of halogens is 6. The van der Waals surface area contributed by atoms with E-state index >= 15 is 0 Å². The Kier molecular flexibility index (Phi) is 7.13. The van der Waals surface area contributed by atoms with Crippen molar-refractivity contribution in [2.45, 2.75) is 30.0 Å². The van der Waals surface area contributed by atoms with Gasteiger partial charge in [-0.2, -0.15) is 17.5 Å². The molecule has 5 nitrogen and oxygen atoms in total. The number of alkyl halides is 3. The molecule has 1 aliphatic heterocycles. The molecule has 0 saturated carbocycles. The van der Waals surface area contributed by atoms with E-state index in [2.05, 4.69) is 9.52 Å². The monoisotopic (exact) mass is 572 g/mol. The first-order valence-electron chi connectivity index (χ1n) is 10.6. The Morgan fingerprint density at radius 2 is 1.70 bits per heavy atom. The Morgan fingerprint density at radius 1 is 1.08 bits per heavy atom. The van der Waals surface area contributed by atoms with Crippen molar-refractivity contribution in [3.05, 3.63) is 98.8 Å². The van der Waals surface area contributed by atoms with Gasteiger partial charge in [-0.25, -0.2) is 8.60 Å². The van der Waals surface area contributed by atoms with Crippen LogP contribution in [0.2, 0.25) is 10.0 Å². The van der Waals surface area contributed by atoms with Crippen molar-refractivity contribution >= 4 is 44.5 Å². The average molecular weight is 573 g/mol. The Hall–Kier alpha value is -2.95. The first-order valence-corrected chi connectivity index (χ1v) is 13.3. The number of benzene rings is 3. The lowest BCUT2D eigenvalue weighted by Gasteiger charge is -2.29. The highest BCUT2D eigenvalue weighted by atomic mass is 35.5. The minimum Gasteiger partial charge on any atom is -0.374 e. The van der Waals surface area contributed by atoms with E-state index in [9.17, 15) is 26.6 Å². The number of hydrogen-bond acceptors (Lipinski definition) is 4. The summed E-state index contributed by atoms with van der Waals surface area (Å²) in [5.74, 6) is -1.79. The molecule has 0 aromatic heterocycles. The third-order valence-corrected chi connectivity index (χ3v) is 7.98. The second kappa shape index (κ2) is 9.74. The average Bonchev–Trinajstić information content (AvgIpc) is 3.29. The molecule has 3 aromatic carbocycles. The van der Waals surface area contributed by atoms with Crippen molar-refractivity contribution < 1.29 is 31.4 Å². The predicted octanol–water partition coefficient (Wildman–Crippen LogP) is 7.32. The molecule has 37 heavy (non-hydrogen) atoms. The number of oxime groups is 1. The second-order valence-electron chi connectivity index (χ2n) is 8.48. The molecule has 3 aromatic rings. The molecule has 0 N–H and O–H groups in total. The SMILES string of the molecule is Cc1cccc(S(C)(=O)=NC(=O)c2ccc(C3=NOC(c4cc(Cl)c(F)c(Cl)c4)(C(F)(F)F)C3)cc2)c1. The minimum atomic E-state index is -4.95. The highest BCUT2D eigenvalue weighted by Gasteiger charge is 2.62. The number of nitrogens with zero attached hydrogens (tertiary/aromatic N) is 2. The van der Waals surface area contributed by atoms with Crippen LogP contribution in [0, 0.1) is 12.7 Å². The van der Waals surface area contributed by atoms with Gasteiger partial charge in [0.05, 0.1) is 25.5 Å². The van der Waals surface area contributed by atoms with Gasteiger partial charge in [-0.1, -0.05) is 52.6 Å². The van der Waals surface area contributed by atoms with Crippen molar-refractivity contribution in [1.82, 2.24) is 0 Å². The van der Waals surface area contributed by atoms with Gasteiger partial charge in [0.2, 0.25) is 0 Å². The maximum absolute atomic E-state index is 14.2. The summed E-state index contributed by atoms with van der Waals surface area (Å²) in [4.78, 5) is 18.0. The Bertz CT molecular complexity index is 1530. The van der Waals surface area contributed by atoms with Crippen LogP contribution < -0.4 is 0 Å². The molecule has 1 amide bonds. The van der Waals surface area contributed by atoms with Gasteiger partial charge in [0.15, 0.2) is 5.82 Å². The van der Waals surface area contributed by atoms with E-state index in [0.29, 0.717) is 4.90 Å². The molecule has 0 radical (unpaired) electrons. The summed E-state index contributed by atoms with van der Waals surface area (Å²) in [6.07, 6.45) is -4.35. The van der Waals surface area contributed by atoms with Crippen molar-refractivity contribution in [2.24, 2.45) is 9.52 Å². The molecule has 194 valence electrons. The second-order valence-corrected chi connectivity index (χ2v) is 11.6. The zero-order valence-corrected chi connectivity index (χ0v) is 21.6. The van der Waals surface area contributed by atoms with Crippen LogP contribution in [0.15, 0.2) is 75.1 Å². The van der Waals surface area contributed by atoms with E-state index in [1.54, 1.807) is 18.2 Å². The molecule has 4 rings (SSSR count). The predicted molar refractivity (Wildman–Crippen MR) is 133 cm³/mol. The van der Waals surface area contributed by atoms with Crippen LogP contribution in [0.5, 0.6) is 0 Å². The zero-order valence-electron chi connectivity index (χ0n) is 19.3. The summed E-state index contributed by atoms with van der Waals surface area (Å²) in [5, 5.41) is 2.45. The maximum atomic E-state index is 14.2. The Balaban J connectivity index is 1.61. The van der Waals surface area contributed by atoms with Crippen molar-refractivity contribution in [2.75, 3.05) is 6.26 Å². The number of hydrogen-bond donors (Lipinski definition) is 0. The van der Waals surface area contributed by atoms with Crippen LogP contribution >= 0.6 is 23.2 Å². The normalized spacial score (nSPS) is 19.1. The van der Waals surface area contributed by atoms with Gasteiger partial charge in [0.25, 0.3) is 11.5 Å². The summed E-state index contributed by atoms with van der Waals surface area (Å²) in [6, 6.07) is 13.9. The fraction of sp³-hybridized carbons (Fsp3) is 0.200. The molecule has 2 unspecified atom stereocenters. The molecule has 2 atom stereocenters. The highest BCUT2D eigenvalue weighted by Crippen LogP contribution is 2.50. The summed E-state index contributed by atoms with van der Waals surface area (Å²) < 4.78 is 73.2. The van der Waals surface area contributed by atoms with E-state index < -0.39 is 55.3 Å². The summed E-state index contributed by atoms with van der Waals surface area (Å²) >= 11 is 11.4. The largest absolute Gasteiger partial charge is 0.435 e. The molecular formula is C25H18Cl2F4N2O3S. The van der Waals surface area contributed by atoms with Crippen molar-refractivity contribution in [3.63, 3.8) is 0 Å². The van der Waals surface area contributed by atoms with Crippen LogP contribution in [0.3, 0.4) is 0 Å². The Labute approximate surface area is 220 Å². The number of carbonyl (C=O) groups is 1. The molecule has 1 heterocycles. The van der Waals surface area contributed by atoms with Crippen LogP contribution in [0.1, 0.15) is 33.5 Å². The molecule has 0 spiro atoms. The molecule has 0 saturated heterocycles. The van der Waals surface area contributed by atoms with Gasteiger partial charge in [-0.05, 0) is 54.4 Å². The Morgan fingerprint density at radius 3 is 2.27 bits per heavy atom. The molecule has 0 fully saturated rings. The lowest BCUT2D eigenvalue weighted by Crippen LogP contribution is -2.42. The fourth-order valence-corrected chi connectivity index (χ4v) is 5.52. The molecule has 1 aliphatic rings. The van der Waals surface area contributed by atoms with Gasteiger partial charge in [0.1, 0.15) is 0 Å². The molecule has 0 aliphatic carbocycles. The third-order valence-electron chi connectivity index (χ3n) is 5.79. The van der Waals surface area contributed by atoms with Gasteiger partial charge in [-0.15, -0.1) is 0 Å². The number of carbonyl (C=O) groups excluding carboxylic acids is 1. The van der Waals surface area contributed by atoms with E-state index in [-0.39, 0.29) is 16.8 Å². The van der Waals surface area contributed by atoms with Crippen LogP contribution in [0.4, 0.5) is 17.6 Å². The number of aryl methyl sites for hydroxylation is 1. The summed E-state index contributed by atoms with van der Waals surface area (Å²) in [7, 11) is -3.02. The van der Waals surface area contributed by atoms with Gasteiger partial charge < -0.3 is 4.84 Å². The van der Waals surface area contributed by atoms with Crippen LogP contribution in [0.25, 0.3) is 0 Å². The molecular weight excluding hydrogens is 555 g/mol. The molecule has 12 heteroatoms. The van der Waals surface area contributed by atoms with E-state index in [0.717, 1.165) is 17.7 Å². The first kappa shape index (κ1) is 27.1. The van der Waals surface area contributed by atoms with E-state index in [1.807, 2.05) is 13.0 Å². The highest BCUT2D eigenvalue weighted by molar-refractivity contribution is 7.93. The summed E-state index contributed by atoms with van der Waals surface area (Å²) in [6.45, 7) is 1.82. The van der Waals surface area contributed by atoms with Gasteiger partial charge in [0, 0.05) is 28.7 Å². The van der Waals surface area contributed by atoms with Crippen molar-refractivity contribution in [3.8, 4) is 0 Å². The lowest BCUT2D eigenvalue weighted by molar-refractivity contribution is -0.275. The fourth-order valence-electron chi connectivity index (χ4n) is 3.77. The van der Waals surface area contributed by atoms with E-state index in [1.165, 1.54) is 30.5 Å². The lowest BCUT2D eigenvalue weighted by atomic mass is 9.86. The zero-order chi connectivity index (χ0) is 27.2. The quantitative estimate of drug-likeness (QED) is 0.243. The number of rotatable bonds is 4. The smallest absolute Gasteiger partial charge is 0.374 e. The molecule has 0 bridgehead atoms. The summed E-state index contributed by atoms with van der Waals surface area (Å²) in [5.41, 5.74) is -2.31. The third kappa shape index (κ3) is 5.23. The van der Waals surface area contributed by atoms with Crippen LogP contribution in [-0.4, -0.2) is 28.3 Å². The maximum Gasteiger partial charge on any atom is 0.435 e.